The highest BCUT2D eigenvalue weighted by Gasteiger charge is 2.28. The lowest BCUT2D eigenvalue weighted by atomic mass is 10.0. The molecule has 138 valence electrons. The maximum absolute atomic E-state index is 13.5. The number of hydrogen-bond donors (Lipinski definition) is 0. The zero-order valence-corrected chi connectivity index (χ0v) is 15.4. The van der Waals surface area contributed by atoms with E-state index in [1.54, 1.807) is 0 Å². The van der Waals surface area contributed by atoms with Crippen LogP contribution in [0.4, 0.5) is 0 Å². The predicted octanol–water partition coefficient (Wildman–Crippen LogP) is 4.45. The Morgan fingerprint density at radius 2 is 1.85 bits per heavy atom. The fourth-order valence-corrected chi connectivity index (χ4v) is 3.61. The van der Waals surface area contributed by atoms with Crippen LogP contribution < -0.4 is 4.74 Å². The molecule has 0 spiro atoms. The minimum absolute atomic E-state index is 0.000480. The van der Waals surface area contributed by atoms with E-state index in [1.807, 2.05) is 78.6 Å². The van der Waals surface area contributed by atoms with Gasteiger partial charge in [-0.25, -0.2) is 0 Å². The first-order valence-electron chi connectivity index (χ1n) is 9.38. The standard InChI is InChI=1S/C23H23NO3/c1-2-26-20-13-12-17-8-6-7-11-19(17)22(20)23(25)24-14-15-27-21(16-24)18-9-4-3-5-10-18/h3-13,21H,2,14-16H2,1H3/t21-/m1/s1. The van der Waals surface area contributed by atoms with Crippen LogP contribution in [0.15, 0.2) is 66.7 Å². The highest BCUT2D eigenvalue weighted by Crippen LogP contribution is 2.31. The molecule has 1 amide bonds. The van der Waals surface area contributed by atoms with Crippen LogP contribution in [0.1, 0.15) is 28.9 Å². The highest BCUT2D eigenvalue weighted by atomic mass is 16.5. The number of fused-ring (bicyclic) bond motifs is 1. The van der Waals surface area contributed by atoms with E-state index < -0.39 is 0 Å². The number of amides is 1. The van der Waals surface area contributed by atoms with Gasteiger partial charge in [0, 0.05) is 6.54 Å². The highest BCUT2D eigenvalue weighted by molar-refractivity contribution is 6.09. The Balaban J connectivity index is 1.68. The third-order valence-electron chi connectivity index (χ3n) is 4.93. The molecule has 0 radical (unpaired) electrons. The van der Waals surface area contributed by atoms with Gasteiger partial charge in [-0.05, 0) is 29.3 Å². The van der Waals surface area contributed by atoms with Crippen LogP contribution in [0, 0.1) is 0 Å². The van der Waals surface area contributed by atoms with Crippen LogP contribution in [-0.2, 0) is 4.74 Å². The second-order valence-corrected chi connectivity index (χ2v) is 6.61. The van der Waals surface area contributed by atoms with Crippen LogP contribution in [0.2, 0.25) is 0 Å². The van der Waals surface area contributed by atoms with Crippen LogP contribution in [0.25, 0.3) is 10.8 Å². The summed E-state index contributed by atoms with van der Waals surface area (Å²) in [6.45, 7) is 4.10. The van der Waals surface area contributed by atoms with Crippen molar-refractivity contribution in [3.05, 3.63) is 77.9 Å². The van der Waals surface area contributed by atoms with E-state index in [0.29, 0.717) is 37.6 Å². The van der Waals surface area contributed by atoms with E-state index in [9.17, 15) is 4.79 Å². The molecule has 4 nitrogen and oxygen atoms in total. The van der Waals surface area contributed by atoms with Gasteiger partial charge >= 0.3 is 0 Å². The number of benzene rings is 3. The summed E-state index contributed by atoms with van der Waals surface area (Å²) < 4.78 is 11.7. The monoisotopic (exact) mass is 361 g/mol. The zero-order chi connectivity index (χ0) is 18.6. The molecule has 0 N–H and O–H groups in total. The Kier molecular flexibility index (Phi) is 5.07. The number of carbonyl (C=O) groups excluding carboxylic acids is 1. The molecule has 1 saturated heterocycles. The van der Waals surface area contributed by atoms with E-state index in [-0.39, 0.29) is 12.0 Å². The molecule has 1 atom stereocenters. The summed E-state index contributed by atoms with van der Waals surface area (Å²) in [6.07, 6.45) is -0.102. The van der Waals surface area contributed by atoms with Gasteiger partial charge < -0.3 is 14.4 Å². The summed E-state index contributed by atoms with van der Waals surface area (Å²) in [5, 5.41) is 1.97. The zero-order valence-electron chi connectivity index (χ0n) is 15.4. The van der Waals surface area contributed by atoms with Crippen molar-refractivity contribution in [1.82, 2.24) is 4.90 Å². The largest absolute Gasteiger partial charge is 0.493 e. The van der Waals surface area contributed by atoms with Gasteiger partial charge in [0.05, 0.1) is 25.3 Å². The first kappa shape index (κ1) is 17.6. The van der Waals surface area contributed by atoms with Gasteiger partial charge in [0.1, 0.15) is 11.9 Å². The number of ether oxygens (including phenoxy) is 2. The fourth-order valence-electron chi connectivity index (χ4n) is 3.61. The van der Waals surface area contributed by atoms with E-state index >= 15 is 0 Å². The van der Waals surface area contributed by atoms with Crippen molar-refractivity contribution >= 4 is 16.7 Å². The lowest BCUT2D eigenvalue weighted by Crippen LogP contribution is -2.42. The molecule has 0 saturated carbocycles. The molecule has 4 heteroatoms. The maximum atomic E-state index is 13.5. The maximum Gasteiger partial charge on any atom is 0.258 e. The average Bonchev–Trinajstić information content (AvgIpc) is 2.74. The number of carbonyl (C=O) groups is 1. The van der Waals surface area contributed by atoms with E-state index in [1.165, 1.54) is 0 Å². The van der Waals surface area contributed by atoms with E-state index in [0.717, 1.165) is 16.3 Å². The molecule has 1 aliphatic heterocycles. The number of rotatable bonds is 4. The first-order chi connectivity index (χ1) is 13.3. The number of nitrogens with zero attached hydrogens (tertiary/aromatic N) is 1. The summed E-state index contributed by atoms with van der Waals surface area (Å²) >= 11 is 0. The van der Waals surface area contributed by atoms with Gasteiger partial charge in [0.15, 0.2) is 0 Å². The second kappa shape index (κ2) is 7.80. The van der Waals surface area contributed by atoms with Gasteiger partial charge in [0.2, 0.25) is 0 Å². The Morgan fingerprint density at radius 3 is 2.67 bits per heavy atom. The molecule has 0 bridgehead atoms. The van der Waals surface area contributed by atoms with Gasteiger partial charge in [0.25, 0.3) is 5.91 Å². The Labute approximate surface area is 159 Å². The Bertz CT molecular complexity index is 939. The molecule has 27 heavy (non-hydrogen) atoms. The first-order valence-corrected chi connectivity index (χ1v) is 9.38. The van der Waals surface area contributed by atoms with Gasteiger partial charge in [-0.2, -0.15) is 0 Å². The lowest BCUT2D eigenvalue weighted by Gasteiger charge is -2.33. The van der Waals surface area contributed by atoms with Crippen molar-refractivity contribution in [2.45, 2.75) is 13.0 Å². The van der Waals surface area contributed by atoms with Crippen LogP contribution in [-0.4, -0.2) is 37.1 Å². The third-order valence-corrected chi connectivity index (χ3v) is 4.93. The topological polar surface area (TPSA) is 38.8 Å². The van der Waals surface area contributed by atoms with Gasteiger partial charge in [-0.3, -0.25) is 4.79 Å². The molecular weight excluding hydrogens is 338 g/mol. The summed E-state index contributed by atoms with van der Waals surface area (Å²) in [4.78, 5) is 15.4. The SMILES string of the molecule is CCOc1ccc2ccccc2c1C(=O)N1CCO[C@@H](c2ccccc2)C1. The third kappa shape index (κ3) is 3.53. The van der Waals surface area contributed by atoms with Crippen molar-refractivity contribution in [2.75, 3.05) is 26.3 Å². The summed E-state index contributed by atoms with van der Waals surface area (Å²) in [5.41, 5.74) is 1.74. The average molecular weight is 361 g/mol. The van der Waals surface area contributed by atoms with Gasteiger partial charge in [-0.1, -0.05) is 60.7 Å². The molecule has 1 heterocycles. The summed E-state index contributed by atoms with van der Waals surface area (Å²) in [5.74, 6) is 0.642. The molecule has 0 aromatic heterocycles. The quantitative estimate of drug-likeness (QED) is 0.689. The molecular formula is C23H23NO3. The van der Waals surface area contributed by atoms with Crippen molar-refractivity contribution in [3.63, 3.8) is 0 Å². The van der Waals surface area contributed by atoms with Crippen LogP contribution >= 0.6 is 0 Å². The molecule has 3 aromatic carbocycles. The smallest absolute Gasteiger partial charge is 0.258 e. The molecule has 0 aliphatic carbocycles. The van der Waals surface area contributed by atoms with Crippen molar-refractivity contribution < 1.29 is 14.3 Å². The van der Waals surface area contributed by atoms with Crippen LogP contribution in [0.3, 0.4) is 0 Å². The Hall–Kier alpha value is -2.85. The second-order valence-electron chi connectivity index (χ2n) is 6.61. The molecule has 4 rings (SSSR count). The fraction of sp³-hybridized carbons (Fsp3) is 0.261. The minimum atomic E-state index is -0.102. The van der Waals surface area contributed by atoms with Crippen LogP contribution in [0.5, 0.6) is 5.75 Å². The summed E-state index contributed by atoms with van der Waals surface area (Å²) in [6, 6.07) is 21.9. The molecule has 1 aliphatic rings. The number of hydrogen-bond acceptors (Lipinski definition) is 3. The normalized spacial score (nSPS) is 17.1. The lowest BCUT2D eigenvalue weighted by molar-refractivity contribution is -0.0228. The predicted molar refractivity (Wildman–Crippen MR) is 106 cm³/mol. The summed E-state index contributed by atoms with van der Waals surface area (Å²) in [7, 11) is 0. The van der Waals surface area contributed by atoms with Crippen molar-refractivity contribution in [3.8, 4) is 5.75 Å². The number of morpholine rings is 1. The molecule has 1 fully saturated rings. The van der Waals surface area contributed by atoms with E-state index in [4.69, 9.17) is 9.47 Å². The minimum Gasteiger partial charge on any atom is -0.493 e. The van der Waals surface area contributed by atoms with E-state index in [2.05, 4.69) is 0 Å². The Morgan fingerprint density at radius 1 is 1.07 bits per heavy atom. The molecule has 0 unspecified atom stereocenters. The molecule has 3 aromatic rings. The van der Waals surface area contributed by atoms with Crippen molar-refractivity contribution in [1.29, 1.82) is 0 Å². The van der Waals surface area contributed by atoms with Crippen molar-refractivity contribution in [2.24, 2.45) is 0 Å². The van der Waals surface area contributed by atoms with Gasteiger partial charge in [-0.15, -0.1) is 0 Å².